The molecular weight excluding hydrogens is 879 g/mol. The molecule has 1 N–H and O–H groups in total. The first-order valence-electron chi connectivity index (χ1n) is 22.4. The molecule has 0 unspecified atom stereocenters. The van der Waals surface area contributed by atoms with E-state index in [2.05, 4.69) is 50.4 Å². The van der Waals surface area contributed by atoms with Crippen LogP contribution in [-0.4, -0.2) is 114 Å². The summed E-state index contributed by atoms with van der Waals surface area (Å²) < 4.78 is 64.8. The van der Waals surface area contributed by atoms with Crippen molar-refractivity contribution in [3.8, 4) is 0 Å². The average molecular weight is 942 g/mol. The highest BCUT2D eigenvalue weighted by Gasteiger charge is 2.57. The van der Waals surface area contributed by atoms with Crippen LogP contribution in [0.4, 0.5) is 0 Å². The second-order valence-electron chi connectivity index (χ2n) is 17.6. The summed E-state index contributed by atoms with van der Waals surface area (Å²) in [5, 5.41) is 4.53. The van der Waals surface area contributed by atoms with Crippen molar-refractivity contribution in [3.63, 3.8) is 0 Å². The predicted octanol–water partition coefficient (Wildman–Crippen LogP) is 5.15. The number of carbonyl (C=O) groups excluding carboxylic acids is 4. The maximum atomic E-state index is 13.1. The summed E-state index contributed by atoms with van der Waals surface area (Å²) in [6.07, 6.45) is -10.6. The summed E-state index contributed by atoms with van der Waals surface area (Å²) in [5.74, 6) is -2.66. The SMILES string of the molecule is CO[C@H]1O[C@H](CO[Si](c2ccccc2)(c2ccccc2)C(C)(C)C)[C@@H](OCc2ccccc2)[C@H](O[C@@H]2O[C@H](COC(C)=O)[C@@H](OC(C)=O)[C@H](OC(C)=O)[C@H]2NC(C)=O)[C@H]1OCc1ccccc1. The zero-order chi connectivity index (χ0) is 48.1. The van der Waals surface area contributed by atoms with Crippen LogP contribution in [-0.2, 0) is 79.4 Å². The van der Waals surface area contributed by atoms with Gasteiger partial charge in [-0.15, -0.1) is 0 Å². The van der Waals surface area contributed by atoms with Crippen LogP contribution >= 0.6 is 0 Å². The molecule has 0 radical (unpaired) electrons. The highest BCUT2D eigenvalue weighted by Crippen LogP contribution is 2.39. The van der Waals surface area contributed by atoms with Crippen LogP contribution in [0.5, 0.6) is 0 Å². The third-order valence-electron chi connectivity index (χ3n) is 11.6. The van der Waals surface area contributed by atoms with Crippen molar-refractivity contribution in [2.75, 3.05) is 20.3 Å². The van der Waals surface area contributed by atoms with Crippen molar-refractivity contribution >= 4 is 42.5 Å². The standard InChI is InChI=1S/C51H63NO14Si/c1-33(53)52-43-46(63-36(4)56)45(62-35(3)55)41(31-58-34(2)54)64-49(43)66-47-44(59-29-37-21-13-9-14-22-37)42(65-50(57-8)48(47)60-30-38-23-15-10-16-24-38)32-61-67(51(5,6)7,39-25-17-11-18-26-39)40-27-19-12-20-28-40/h9-28,41-50H,29-32H2,1-8H3,(H,52,53)/t41-,42-,43-,44-,45-,46-,47+,48-,49+,50+/m1/s1. The van der Waals surface area contributed by atoms with Crippen molar-refractivity contribution in [2.24, 2.45) is 0 Å². The fraction of sp³-hybridized carbons (Fsp3) is 0.451. The molecule has 2 aliphatic rings. The number of amides is 1. The van der Waals surface area contributed by atoms with Crippen LogP contribution < -0.4 is 15.7 Å². The lowest BCUT2D eigenvalue weighted by Crippen LogP contribution is -2.70. The number of ether oxygens (including phenoxy) is 9. The van der Waals surface area contributed by atoms with Crippen molar-refractivity contribution in [1.82, 2.24) is 5.32 Å². The number of esters is 3. The van der Waals surface area contributed by atoms with Crippen molar-refractivity contribution in [3.05, 3.63) is 132 Å². The third kappa shape index (κ3) is 13.0. The van der Waals surface area contributed by atoms with E-state index in [4.69, 9.17) is 47.1 Å². The Morgan fingerprint density at radius 2 is 1.03 bits per heavy atom. The Morgan fingerprint density at radius 3 is 1.49 bits per heavy atom. The molecule has 0 bridgehead atoms. The van der Waals surface area contributed by atoms with E-state index in [1.807, 2.05) is 97.1 Å². The van der Waals surface area contributed by atoms with Gasteiger partial charge in [0, 0.05) is 34.8 Å². The molecule has 1 amide bonds. The van der Waals surface area contributed by atoms with Crippen LogP contribution in [0, 0.1) is 0 Å². The topological polar surface area (TPSA) is 173 Å². The first-order valence-corrected chi connectivity index (χ1v) is 24.3. The molecule has 2 heterocycles. The van der Waals surface area contributed by atoms with Gasteiger partial charge in [-0.05, 0) is 26.5 Å². The molecule has 6 rings (SSSR count). The molecule has 16 heteroatoms. The average Bonchev–Trinajstić information content (AvgIpc) is 3.30. The van der Waals surface area contributed by atoms with Gasteiger partial charge < -0.3 is 52.4 Å². The largest absolute Gasteiger partial charge is 0.463 e. The van der Waals surface area contributed by atoms with E-state index in [0.29, 0.717) is 0 Å². The quantitative estimate of drug-likeness (QED) is 0.0744. The molecule has 4 aromatic carbocycles. The van der Waals surface area contributed by atoms with Gasteiger partial charge in [-0.25, -0.2) is 0 Å². The molecule has 0 aromatic heterocycles. The zero-order valence-corrected chi connectivity index (χ0v) is 40.4. The molecule has 0 aliphatic carbocycles. The molecule has 15 nitrogen and oxygen atoms in total. The summed E-state index contributed by atoms with van der Waals surface area (Å²) in [5.41, 5.74) is 1.70. The lowest BCUT2D eigenvalue weighted by atomic mass is 9.94. The smallest absolute Gasteiger partial charge is 0.303 e. The molecule has 2 fully saturated rings. The van der Waals surface area contributed by atoms with Crippen molar-refractivity contribution in [2.45, 2.75) is 128 Å². The first-order chi connectivity index (χ1) is 32.1. The third-order valence-corrected chi connectivity index (χ3v) is 16.6. The predicted molar refractivity (Wildman–Crippen MR) is 248 cm³/mol. The Kier molecular flexibility index (Phi) is 18.0. The number of rotatable bonds is 19. The molecule has 0 spiro atoms. The fourth-order valence-electron chi connectivity index (χ4n) is 8.80. The van der Waals surface area contributed by atoms with E-state index < -0.39 is 105 Å². The van der Waals surface area contributed by atoms with Crippen molar-refractivity contribution in [1.29, 1.82) is 0 Å². The first kappa shape index (κ1) is 51.1. The number of hydrogen-bond acceptors (Lipinski definition) is 14. The van der Waals surface area contributed by atoms with E-state index in [1.165, 1.54) is 34.8 Å². The number of nitrogens with one attached hydrogen (secondary N) is 1. The van der Waals surface area contributed by atoms with Gasteiger partial charge in [-0.1, -0.05) is 142 Å². The van der Waals surface area contributed by atoms with Crippen LogP contribution in [0.1, 0.15) is 59.6 Å². The number of benzene rings is 4. The van der Waals surface area contributed by atoms with Crippen molar-refractivity contribution < 1.29 is 66.2 Å². The van der Waals surface area contributed by atoms with Gasteiger partial charge >= 0.3 is 17.9 Å². The second kappa shape index (κ2) is 23.6. The molecule has 10 atom stereocenters. The Bertz CT molecular complexity index is 2160. The van der Waals surface area contributed by atoms with Crippen LogP contribution in [0.3, 0.4) is 0 Å². The number of carbonyl (C=O) groups is 4. The van der Waals surface area contributed by atoms with Crippen LogP contribution in [0.2, 0.25) is 5.04 Å². The summed E-state index contributed by atoms with van der Waals surface area (Å²) in [4.78, 5) is 50.7. The lowest BCUT2D eigenvalue weighted by molar-refractivity contribution is -0.356. The summed E-state index contributed by atoms with van der Waals surface area (Å²) in [6.45, 7) is 11.2. The fourth-order valence-corrected chi connectivity index (χ4v) is 13.4. The highest BCUT2D eigenvalue weighted by molar-refractivity contribution is 6.99. The molecule has 2 saturated heterocycles. The lowest BCUT2D eigenvalue weighted by Gasteiger charge is -2.50. The second-order valence-corrected chi connectivity index (χ2v) is 21.9. The van der Waals surface area contributed by atoms with E-state index >= 15 is 0 Å². The Balaban J connectivity index is 1.49. The van der Waals surface area contributed by atoms with Gasteiger partial charge in [0.15, 0.2) is 24.8 Å². The summed E-state index contributed by atoms with van der Waals surface area (Å²) >= 11 is 0. The summed E-state index contributed by atoms with van der Waals surface area (Å²) in [6, 6.07) is 38.2. The zero-order valence-electron chi connectivity index (χ0n) is 39.4. The molecule has 360 valence electrons. The number of hydrogen-bond donors (Lipinski definition) is 1. The van der Waals surface area contributed by atoms with Gasteiger partial charge in [0.1, 0.15) is 43.2 Å². The molecule has 4 aromatic rings. The molecule has 0 saturated carbocycles. The molecule has 2 aliphatic heterocycles. The Morgan fingerprint density at radius 1 is 0.567 bits per heavy atom. The molecular formula is C51H63NO14Si. The number of methoxy groups -OCH3 is 1. The van der Waals surface area contributed by atoms with Crippen LogP contribution in [0.25, 0.3) is 0 Å². The van der Waals surface area contributed by atoms with E-state index in [1.54, 1.807) is 0 Å². The van der Waals surface area contributed by atoms with E-state index in [-0.39, 0.29) is 19.8 Å². The minimum atomic E-state index is -3.18. The Labute approximate surface area is 393 Å². The van der Waals surface area contributed by atoms with E-state index in [0.717, 1.165) is 21.5 Å². The van der Waals surface area contributed by atoms with Gasteiger partial charge in [-0.2, -0.15) is 0 Å². The minimum Gasteiger partial charge on any atom is -0.463 e. The van der Waals surface area contributed by atoms with Gasteiger partial charge in [0.05, 0.1) is 19.8 Å². The van der Waals surface area contributed by atoms with Gasteiger partial charge in [-0.3, -0.25) is 19.2 Å². The maximum Gasteiger partial charge on any atom is 0.303 e. The van der Waals surface area contributed by atoms with Gasteiger partial charge in [0.25, 0.3) is 8.32 Å². The molecule has 67 heavy (non-hydrogen) atoms. The maximum absolute atomic E-state index is 13.1. The minimum absolute atomic E-state index is 0.00180. The summed E-state index contributed by atoms with van der Waals surface area (Å²) in [7, 11) is -1.68. The normalized spacial score (nSPS) is 25.4. The van der Waals surface area contributed by atoms with Crippen LogP contribution in [0.15, 0.2) is 121 Å². The Hall–Kier alpha value is -5.30. The monoisotopic (exact) mass is 941 g/mol. The highest BCUT2D eigenvalue weighted by atomic mass is 28.4. The van der Waals surface area contributed by atoms with E-state index in [9.17, 15) is 19.2 Å². The van der Waals surface area contributed by atoms with Gasteiger partial charge in [0.2, 0.25) is 5.91 Å².